The SMILES string of the molecule is CCOc1ccc(NC(=O)C2=C(C)Nc3nc4ccccc4n3C2c2ccccc2)cc1. The summed E-state index contributed by atoms with van der Waals surface area (Å²) >= 11 is 0. The highest BCUT2D eigenvalue weighted by molar-refractivity contribution is 6.06. The van der Waals surface area contributed by atoms with Gasteiger partial charge in [-0.15, -0.1) is 0 Å². The van der Waals surface area contributed by atoms with Crippen LogP contribution >= 0.6 is 0 Å². The van der Waals surface area contributed by atoms with Crippen LogP contribution in [0, 0.1) is 0 Å². The number of ether oxygens (including phenoxy) is 1. The lowest BCUT2D eigenvalue weighted by Gasteiger charge is -2.30. The highest BCUT2D eigenvalue weighted by Gasteiger charge is 2.34. The second-order valence-electron chi connectivity index (χ2n) is 7.68. The van der Waals surface area contributed by atoms with Gasteiger partial charge in [-0.05, 0) is 55.8 Å². The van der Waals surface area contributed by atoms with Crippen molar-refractivity contribution in [3.63, 3.8) is 0 Å². The smallest absolute Gasteiger partial charge is 0.255 e. The lowest BCUT2D eigenvalue weighted by atomic mass is 9.94. The van der Waals surface area contributed by atoms with Gasteiger partial charge in [-0.1, -0.05) is 42.5 Å². The Morgan fingerprint density at radius 1 is 1.03 bits per heavy atom. The molecular weight excluding hydrogens is 400 g/mol. The van der Waals surface area contributed by atoms with E-state index in [-0.39, 0.29) is 11.9 Å². The Morgan fingerprint density at radius 3 is 2.50 bits per heavy atom. The zero-order valence-corrected chi connectivity index (χ0v) is 18.0. The van der Waals surface area contributed by atoms with Crippen LogP contribution in [0.5, 0.6) is 5.75 Å². The van der Waals surface area contributed by atoms with Crippen molar-refractivity contribution < 1.29 is 9.53 Å². The number of para-hydroxylation sites is 2. The van der Waals surface area contributed by atoms with Crippen molar-refractivity contribution in [1.29, 1.82) is 0 Å². The van der Waals surface area contributed by atoms with E-state index in [0.717, 1.165) is 34.0 Å². The van der Waals surface area contributed by atoms with E-state index in [1.165, 1.54) is 0 Å². The Balaban J connectivity index is 1.57. The fraction of sp³-hybridized carbons (Fsp3) is 0.154. The molecule has 32 heavy (non-hydrogen) atoms. The van der Waals surface area contributed by atoms with Crippen molar-refractivity contribution in [2.45, 2.75) is 19.9 Å². The molecule has 1 aromatic heterocycles. The number of hydrogen-bond donors (Lipinski definition) is 2. The molecule has 2 N–H and O–H groups in total. The third-order valence-corrected chi connectivity index (χ3v) is 5.61. The molecule has 0 fully saturated rings. The van der Waals surface area contributed by atoms with E-state index in [1.54, 1.807) is 0 Å². The molecule has 1 atom stereocenters. The van der Waals surface area contributed by atoms with Crippen molar-refractivity contribution in [2.75, 3.05) is 17.2 Å². The van der Waals surface area contributed by atoms with Crippen LogP contribution < -0.4 is 15.4 Å². The Morgan fingerprint density at radius 2 is 1.75 bits per heavy atom. The molecule has 1 amide bonds. The lowest BCUT2D eigenvalue weighted by molar-refractivity contribution is -0.113. The highest BCUT2D eigenvalue weighted by Crippen LogP contribution is 2.39. The maximum Gasteiger partial charge on any atom is 0.255 e. The number of hydrogen-bond acceptors (Lipinski definition) is 4. The van der Waals surface area contributed by atoms with Gasteiger partial charge in [0.25, 0.3) is 5.91 Å². The average molecular weight is 425 g/mol. The summed E-state index contributed by atoms with van der Waals surface area (Å²) in [4.78, 5) is 18.3. The molecule has 0 saturated carbocycles. The molecule has 0 spiro atoms. The second-order valence-corrected chi connectivity index (χ2v) is 7.68. The molecule has 160 valence electrons. The van der Waals surface area contributed by atoms with E-state index in [0.29, 0.717) is 17.9 Å². The van der Waals surface area contributed by atoms with E-state index in [2.05, 4.69) is 15.2 Å². The summed E-state index contributed by atoms with van der Waals surface area (Å²) in [6, 6.07) is 25.2. The number of carbonyl (C=O) groups excluding carboxylic acids is 1. The molecule has 0 bridgehead atoms. The quantitative estimate of drug-likeness (QED) is 0.452. The number of benzene rings is 3. The average Bonchev–Trinajstić information content (AvgIpc) is 3.18. The van der Waals surface area contributed by atoms with E-state index in [9.17, 15) is 4.79 Å². The van der Waals surface area contributed by atoms with Gasteiger partial charge in [0.1, 0.15) is 5.75 Å². The molecule has 4 aromatic rings. The summed E-state index contributed by atoms with van der Waals surface area (Å²) in [6.07, 6.45) is 0. The van der Waals surface area contributed by atoms with Crippen LogP contribution in [-0.2, 0) is 4.79 Å². The molecule has 3 aromatic carbocycles. The number of imidazole rings is 1. The van der Waals surface area contributed by atoms with Crippen molar-refractivity contribution in [3.05, 3.63) is 95.7 Å². The molecule has 6 heteroatoms. The first-order valence-corrected chi connectivity index (χ1v) is 10.7. The molecular formula is C26H24N4O2. The van der Waals surface area contributed by atoms with Gasteiger partial charge >= 0.3 is 0 Å². The Kier molecular flexibility index (Phi) is 5.11. The van der Waals surface area contributed by atoms with Crippen LogP contribution in [0.3, 0.4) is 0 Å². The van der Waals surface area contributed by atoms with Gasteiger partial charge in [-0.25, -0.2) is 4.98 Å². The molecule has 1 aliphatic rings. The maximum atomic E-state index is 13.6. The van der Waals surface area contributed by atoms with E-state index in [1.807, 2.05) is 92.7 Å². The van der Waals surface area contributed by atoms with Gasteiger partial charge in [0.2, 0.25) is 5.95 Å². The Hall–Kier alpha value is -4.06. The van der Waals surface area contributed by atoms with Crippen molar-refractivity contribution in [3.8, 4) is 5.75 Å². The van der Waals surface area contributed by atoms with Crippen molar-refractivity contribution in [2.24, 2.45) is 0 Å². The van der Waals surface area contributed by atoms with Crippen LogP contribution in [0.1, 0.15) is 25.5 Å². The molecule has 1 unspecified atom stereocenters. The van der Waals surface area contributed by atoms with Crippen LogP contribution in [0.4, 0.5) is 11.6 Å². The van der Waals surface area contributed by atoms with Crippen LogP contribution in [0.15, 0.2) is 90.1 Å². The monoisotopic (exact) mass is 424 g/mol. The highest BCUT2D eigenvalue weighted by atomic mass is 16.5. The molecule has 5 rings (SSSR count). The normalized spacial score (nSPS) is 15.2. The fourth-order valence-electron chi connectivity index (χ4n) is 4.21. The third kappa shape index (κ3) is 3.50. The number of nitrogens with one attached hydrogen (secondary N) is 2. The first-order valence-electron chi connectivity index (χ1n) is 10.7. The van der Waals surface area contributed by atoms with Gasteiger partial charge in [0, 0.05) is 11.4 Å². The van der Waals surface area contributed by atoms with Crippen LogP contribution in [-0.4, -0.2) is 22.1 Å². The molecule has 6 nitrogen and oxygen atoms in total. The number of amides is 1. The maximum absolute atomic E-state index is 13.6. The van der Waals surface area contributed by atoms with E-state index < -0.39 is 0 Å². The number of rotatable bonds is 5. The van der Waals surface area contributed by atoms with Crippen LogP contribution in [0.2, 0.25) is 0 Å². The standard InChI is InChI=1S/C26H24N4O2/c1-3-32-20-15-13-19(14-16-20)28-25(31)23-17(2)27-26-29-21-11-7-8-12-22(21)30(26)24(23)18-9-5-4-6-10-18/h4-16,24H,3H2,1-2H3,(H,27,29)(H,28,31). The number of fused-ring (bicyclic) bond motifs is 3. The van der Waals surface area contributed by atoms with Crippen molar-refractivity contribution in [1.82, 2.24) is 9.55 Å². The predicted molar refractivity (Wildman–Crippen MR) is 127 cm³/mol. The molecule has 0 saturated heterocycles. The Bertz CT molecular complexity index is 1310. The predicted octanol–water partition coefficient (Wildman–Crippen LogP) is 5.36. The number of aromatic nitrogens is 2. The minimum Gasteiger partial charge on any atom is -0.494 e. The Labute approximate surface area is 186 Å². The van der Waals surface area contributed by atoms with Gasteiger partial charge in [0.05, 0.1) is 29.3 Å². The van der Waals surface area contributed by atoms with Gasteiger partial charge in [-0.2, -0.15) is 0 Å². The summed E-state index contributed by atoms with van der Waals surface area (Å²) in [5.74, 6) is 1.35. The van der Waals surface area contributed by atoms with Gasteiger partial charge in [0.15, 0.2) is 0 Å². The van der Waals surface area contributed by atoms with Crippen molar-refractivity contribution >= 4 is 28.6 Å². The summed E-state index contributed by atoms with van der Waals surface area (Å²) in [5.41, 5.74) is 5.03. The van der Waals surface area contributed by atoms with Gasteiger partial charge < -0.3 is 15.4 Å². The lowest BCUT2D eigenvalue weighted by Crippen LogP contribution is -2.30. The first kappa shape index (κ1) is 19.9. The minimum absolute atomic E-state index is 0.156. The van der Waals surface area contributed by atoms with E-state index >= 15 is 0 Å². The summed E-state index contributed by atoms with van der Waals surface area (Å²) in [5, 5.41) is 6.40. The number of allylic oxidation sites excluding steroid dienone is 1. The number of nitrogens with zero attached hydrogens (tertiary/aromatic N) is 2. The zero-order chi connectivity index (χ0) is 22.1. The molecule has 1 aliphatic heterocycles. The molecule has 2 heterocycles. The summed E-state index contributed by atoms with van der Waals surface area (Å²) in [7, 11) is 0. The van der Waals surface area contributed by atoms with Gasteiger partial charge in [-0.3, -0.25) is 9.36 Å². The number of carbonyl (C=O) groups is 1. The largest absolute Gasteiger partial charge is 0.494 e. The summed E-state index contributed by atoms with van der Waals surface area (Å²) in [6.45, 7) is 4.47. The van der Waals surface area contributed by atoms with E-state index in [4.69, 9.17) is 9.72 Å². The second kappa shape index (κ2) is 8.23. The first-order chi connectivity index (χ1) is 15.7. The fourth-order valence-corrected chi connectivity index (χ4v) is 4.21. The molecule has 0 aliphatic carbocycles. The van der Waals surface area contributed by atoms with Crippen LogP contribution in [0.25, 0.3) is 11.0 Å². The topological polar surface area (TPSA) is 68.2 Å². The third-order valence-electron chi connectivity index (χ3n) is 5.61. The minimum atomic E-state index is -0.303. The number of anilines is 2. The summed E-state index contributed by atoms with van der Waals surface area (Å²) < 4.78 is 7.60. The zero-order valence-electron chi connectivity index (χ0n) is 18.0. The molecule has 0 radical (unpaired) electrons.